The van der Waals surface area contributed by atoms with Crippen LogP contribution in [0.1, 0.15) is 22.3 Å². The summed E-state index contributed by atoms with van der Waals surface area (Å²) < 4.78 is 0.281. The first-order valence-corrected chi connectivity index (χ1v) is 7.37. The van der Waals surface area contributed by atoms with Crippen LogP contribution >= 0.6 is 24.0 Å². The largest absolute Gasteiger partial charge is 0.550 e. The maximum atomic E-state index is 12.1. The second kappa shape index (κ2) is 6.71. The van der Waals surface area contributed by atoms with Crippen molar-refractivity contribution in [3.05, 3.63) is 40.3 Å². The molecule has 0 bridgehead atoms. The van der Waals surface area contributed by atoms with Crippen LogP contribution < -0.4 is 10.2 Å². The molecule has 0 atom stereocenters. The molecule has 0 radical (unpaired) electrons. The number of aliphatic carboxylic acids is 1. The van der Waals surface area contributed by atoms with Gasteiger partial charge in [0.1, 0.15) is 4.32 Å². The Morgan fingerprint density at radius 2 is 1.86 bits per heavy atom. The summed E-state index contributed by atoms with van der Waals surface area (Å²) in [6.07, 6.45) is 1.28. The van der Waals surface area contributed by atoms with Crippen molar-refractivity contribution in [2.45, 2.75) is 6.42 Å². The highest BCUT2D eigenvalue weighted by Crippen LogP contribution is 2.32. The Balaban J connectivity index is 2.15. The van der Waals surface area contributed by atoms with Crippen molar-refractivity contribution >= 4 is 52.2 Å². The van der Waals surface area contributed by atoms with Crippen molar-refractivity contribution in [1.29, 1.82) is 0 Å². The maximum Gasteiger partial charge on any atom is 0.266 e. The zero-order valence-electron chi connectivity index (χ0n) is 11.1. The second-order valence-electron chi connectivity index (χ2n) is 4.36. The zero-order chi connectivity index (χ0) is 16.3. The topological polar surface area (TPSA) is 101 Å². The summed E-state index contributed by atoms with van der Waals surface area (Å²) in [5, 5.41) is 21.1. The highest BCUT2D eigenvalue weighted by molar-refractivity contribution is 8.26. The van der Waals surface area contributed by atoms with E-state index in [1.807, 2.05) is 0 Å². The average molecular weight is 335 g/mol. The second-order valence-corrected chi connectivity index (χ2v) is 6.04. The first kappa shape index (κ1) is 16.2. The Morgan fingerprint density at radius 3 is 2.41 bits per heavy atom. The molecule has 0 N–H and O–H groups in total. The van der Waals surface area contributed by atoms with E-state index >= 15 is 0 Å². The van der Waals surface area contributed by atoms with Crippen LogP contribution in [-0.2, 0) is 9.59 Å². The summed E-state index contributed by atoms with van der Waals surface area (Å²) >= 11 is 6.11. The summed E-state index contributed by atoms with van der Waals surface area (Å²) in [5.74, 6) is -2.91. The maximum absolute atomic E-state index is 12.1. The van der Waals surface area contributed by atoms with Gasteiger partial charge in [0, 0.05) is 18.9 Å². The predicted molar refractivity (Wildman–Crippen MR) is 80.3 cm³/mol. The van der Waals surface area contributed by atoms with Gasteiger partial charge in [0.15, 0.2) is 0 Å². The third kappa shape index (κ3) is 3.71. The van der Waals surface area contributed by atoms with Gasteiger partial charge in [0.25, 0.3) is 5.91 Å². The first-order valence-electron chi connectivity index (χ1n) is 6.15. The highest BCUT2D eigenvalue weighted by Gasteiger charge is 2.31. The van der Waals surface area contributed by atoms with Gasteiger partial charge in [-0.1, -0.05) is 48.2 Å². The Labute approximate surface area is 135 Å². The van der Waals surface area contributed by atoms with Crippen LogP contribution in [0.5, 0.6) is 0 Å². The molecule has 2 rings (SSSR count). The SMILES string of the molecule is O=C([O-])CCN1C(=O)/C(=C\c2ccc(C(=O)[O-])cc2)SC1=S. The number of carbonyl (C=O) groups excluding carboxylic acids is 3. The number of aromatic carboxylic acids is 1. The third-order valence-corrected chi connectivity index (χ3v) is 4.24. The van der Waals surface area contributed by atoms with Crippen LogP contribution in [0.25, 0.3) is 6.08 Å². The fraction of sp³-hybridized carbons (Fsp3) is 0.143. The van der Waals surface area contributed by atoms with Gasteiger partial charge in [-0.3, -0.25) is 9.69 Å². The molecule has 1 amide bonds. The molecular formula is C14H9NO5S2-2. The lowest BCUT2D eigenvalue weighted by Crippen LogP contribution is -2.33. The molecule has 0 spiro atoms. The molecule has 1 heterocycles. The Morgan fingerprint density at radius 1 is 1.23 bits per heavy atom. The molecule has 1 fully saturated rings. The van der Waals surface area contributed by atoms with E-state index < -0.39 is 11.9 Å². The van der Waals surface area contributed by atoms with Crippen LogP contribution in [0.3, 0.4) is 0 Å². The zero-order valence-corrected chi connectivity index (χ0v) is 12.7. The van der Waals surface area contributed by atoms with Gasteiger partial charge in [-0.2, -0.15) is 0 Å². The minimum Gasteiger partial charge on any atom is -0.550 e. The van der Waals surface area contributed by atoms with E-state index in [9.17, 15) is 24.6 Å². The van der Waals surface area contributed by atoms with Gasteiger partial charge in [-0.05, 0) is 17.2 Å². The molecule has 0 unspecified atom stereocenters. The minimum atomic E-state index is -1.28. The Bertz CT molecular complexity index is 681. The van der Waals surface area contributed by atoms with Crippen molar-refractivity contribution in [3.63, 3.8) is 0 Å². The molecule has 22 heavy (non-hydrogen) atoms. The number of rotatable bonds is 5. The van der Waals surface area contributed by atoms with E-state index in [0.717, 1.165) is 11.8 Å². The monoisotopic (exact) mass is 335 g/mol. The minimum absolute atomic E-state index is 0.0338. The number of nitrogens with zero attached hydrogens (tertiary/aromatic N) is 1. The molecule has 8 heteroatoms. The number of carbonyl (C=O) groups is 3. The van der Waals surface area contributed by atoms with Crippen molar-refractivity contribution in [2.75, 3.05) is 6.54 Å². The third-order valence-electron chi connectivity index (χ3n) is 2.86. The summed E-state index contributed by atoms with van der Waals surface area (Å²) in [7, 11) is 0. The molecule has 1 aliphatic heterocycles. The highest BCUT2D eigenvalue weighted by atomic mass is 32.2. The van der Waals surface area contributed by atoms with E-state index in [1.165, 1.54) is 17.0 Å². The van der Waals surface area contributed by atoms with Gasteiger partial charge in [-0.25, -0.2) is 0 Å². The van der Waals surface area contributed by atoms with E-state index in [-0.39, 0.29) is 28.8 Å². The number of amides is 1. The fourth-order valence-electron chi connectivity index (χ4n) is 1.76. The number of thioether (sulfide) groups is 1. The lowest BCUT2D eigenvalue weighted by Gasteiger charge is -2.14. The lowest BCUT2D eigenvalue weighted by atomic mass is 10.1. The fourth-order valence-corrected chi connectivity index (χ4v) is 3.07. The van der Waals surface area contributed by atoms with E-state index in [4.69, 9.17) is 12.2 Å². The number of carboxylic acid groups (broad SMARTS) is 2. The molecule has 1 aromatic carbocycles. The quantitative estimate of drug-likeness (QED) is 0.523. The molecule has 0 saturated carbocycles. The molecule has 1 aromatic rings. The van der Waals surface area contributed by atoms with Crippen molar-refractivity contribution in [2.24, 2.45) is 0 Å². The number of carboxylic acids is 2. The number of thiocarbonyl (C=S) groups is 1. The number of hydrogen-bond donors (Lipinski definition) is 0. The molecule has 114 valence electrons. The van der Waals surface area contributed by atoms with E-state index in [2.05, 4.69) is 0 Å². The van der Waals surface area contributed by atoms with Crippen LogP contribution in [0.2, 0.25) is 0 Å². The summed E-state index contributed by atoms with van der Waals surface area (Å²) in [6, 6.07) is 5.83. The van der Waals surface area contributed by atoms with Crippen LogP contribution in [-0.4, -0.2) is 33.6 Å². The van der Waals surface area contributed by atoms with E-state index in [0.29, 0.717) is 10.5 Å². The predicted octanol–water partition coefficient (Wildman–Crippen LogP) is -0.609. The number of benzene rings is 1. The van der Waals surface area contributed by atoms with Gasteiger partial charge in [0.05, 0.1) is 10.9 Å². The van der Waals surface area contributed by atoms with Crippen LogP contribution in [0, 0.1) is 0 Å². The molecular weight excluding hydrogens is 326 g/mol. The standard InChI is InChI=1S/C14H11NO5S2/c16-11(17)5-6-15-12(18)10(22-14(15)21)7-8-1-3-9(4-2-8)13(19)20/h1-4,7H,5-6H2,(H,16,17)(H,19,20)/p-2/b10-7+. The average Bonchev–Trinajstić information content (AvgIpc) is 2.72. The van der Waals surface area contributed by atoms with Crippen molar-refractivity contribution < 1.29 is 24.6 Å². The molecule has 1 saturated heterocycles. The molecule has 0 aliphatic carbocycles. The lowest BCUT2D eigenvalue weighted by molar-refractivity contribution is -0.305. The Hall–Kier alpha value is -2.19. The van der Waals surface area contributed by atoms with Crippen molar-refractivity contribution in [3.8, 4) is 0 Å². The van der Waals surface area contributed by atoms with E-state index in [1.54, 1.807) is 18.2 Å². The molecule has 1 aliphatic rings. The van der Waals surface area contributed by atoms with Gasteiger partial charge in [-0.15, -0.1) is 0 Å². The smallest absolute Gasteiger partial charge is 0.266 e. The van der Waals surface area contributed by atoms with Crippen LogP contribution in [0.4, 0.5) is 0 Å². The molecule has 6 nitrogen and oxygen atoms in total. The van der Waals surface area contributed by atoms with Gasteiger partial charge in [0.2, 0.25) is 0 Å². The summed E-state index contributed by atoms with van der Waals surface area (Å²) in [5.41, 5.74) is 0.670. The number of hydrogen-bond acceptors (Lipinski definition) is 7. The first-order chi connectivity index (χ1) is 10.4. The molecule has 0 aromatic heterocycles. The van der Waals surface area contributed by atoms with Gasteiger partial charge >= 0.3 is 0 Å². The van der Waals surface area contributed by atoms with Crippen LogP contribution in [0.15, 0.2) is 29.2 Å². The Kier molecular flexibility index (Phi) is 4.94. The van der Waals surface area contributed by atoms with Crippen molar-refractivity contribution in [1.82, 2.24) is 4.90 Å². The normalized spacial score (nSPS) is 16.4. The summed E-state index contributed by atoms with van der Waals surface area (Å²) in [6.45, 7) is -0.0338. The summed E-state index contributed by atoms with van der Waals surface area (Å²) in [4.78, 5) is 34.8. The van der Waals surface area contributed by atoms with Gasteiger partial charge < -0.3 is 19.8 Å².